The highest BCUT2D eigenvalue weighted by molar-refractivity contribution is 6.07. The van der Waals surface area contributed by atoms with Crippen LogP contribution in [0.15, 0.2) is 66.9 Å². The summed E-state index contributed by atoms with van der Waals surface area (Å²) in [7, 11) is 1.42. The number of hydrogen-bond acceptors (Lipinski definition) is 4. The third-order valence-corrected chi connectivity index (χ3v) is 5.49. The molecule has 37 heavy (non-hydrogen) atoms. The second-order valence-electron chi connectivity index (χ2n) is 8.01. The molecule has 0 saturated heterocycles. The first-order valence-electron chi connectivity index (χ1n) is 10.9. The number of rotatable bonds is 7. The van der Waals surface area contributed by atoms with Gasteiger partial charge in [-0.1, -0.05) is 30.3 Å². The molecule has 0 aliphatic carbocycles. The highest BCUT2D eigenvalue weighted by atomic mass is 19.4. The fourth-order valence-electron chi connectivity index (χ4n) is 3.70. The number of fused-ring (bicyclic) bond motifs is 1. The van der Waals surface area contributed by atoms with Gasteiger partial charge in [0.25, 0.3) is 5.91 Å². The minimum atomic E-state index is -4.70. The number of nitrogens with zero attached hydrogens (tertiary/aromatic N) is 2. The number of hydrogen-bond donors (Lipinski definition) is 2. The number of amides is 1. The van der Waals surface area contributed by atoms with Crippen molar-refractivity contribution in [3.63, 3.8) is 0 Å². The first-order valence-corrected chi connectivity index (χ1v) is 10.9. The molecule has 0 atom stereocenters. The van der Waals surface area contributed by atoms with Crippen LogP contribution in [0.5, 0.6) is 0 Å². The Hall–Kier alpha value is -4.06. The lowest BCUT2D eigenvalue weighted by atomic mass is 10.1. The number of anilines is 2. The van der Waals surface area contributed by atoms with Gasteiger partial charge in [-0.25, -0.2) is 4.98 Å². The summed E-state index contributed by atoms with van der Waals surface area (Å²) >= 11 is 0. The largest absolute Gasteiger partial charge is 0.417 e. The van der Waals surface area contributed by atoms with Crippen LogP contribution in [0, 0.1) is 0 Å². The molecule has 1 amide bonds. The van der Waals surface area contributed by atoms with E-state index in [1.54, 1.807) is 0 Å². The van der Waals surface area contributed by atoms with Gasteiger partial charge in [-0.05, 0) is 35.9 Å². The molecule has 194 valence electrons. The Morgan fingerprint density at radius 1 is 0.946 bits per heavy atom. The lowest BCUT2D eigenvalue weighted by Crippen LogP contribution is -2.19. The number of pyridine rings is 1. The molecule has 2 aromatic heterocycles. The molecule has 0 unspecified atom stereocenters. The summed E-state index contributed by atoms with van der Waals surface area (Å²) in [6, 6.07) is 14.0. The van der Waals surface area contributed by atoms with Crippen molar-refractivity contribution in [2.24, 2.45) is 0 Å². The van der Waals surface area contributed by atoms with Gasteiger partial charge >= 0.3 is 12.4 Å². The van der Waals surface area contributed by atoms with Crippen LogP contribution in [0.4, 0.5) is 37.8 Å². The third kappa shape index (κ3) is 5.85. The van der Waals surface area contributed by atoms with Crippen molar-refractivity contribution >= 4 is 28.3 Å². The second-order valence-corrected chi connectivity index (χ2v) is 8.01. The monoisotopic (exact) mass is 522 g/mol. The van der Waals surface area contributed by atoms with Crippen LogP contribution in [0.1, 0.15) is 27.2 Å². The maximum absolute atomic E-state index is 13.3. The number of aromatic nitrogens is 2. The average molecular weight is 522 g/mol. The molecule has 0 fully saturated rings. The standard InChI is InChI=1S/C25H20F6N4O2/c1-32-22-19(11-18(12-33-22)25(29,30)31)34-23(36)21-10-16-9-17(24(26,27)28)7-8-20(16)35(21)14-37-13-15-5-3-2-4-6-15/h2-12H,13-14H2,1H3,(H,32,33)(H,34,36). The molecule has 6 nitrogen and oxygen atoms in total. The molecular weight excluding hydrogens is 502 g/mol. The van der Waals surface area contributed by atoms with E-state index in [1.807, 2.05) is 30.3 Å². The molecular formula is C25H20F6N4O2. The normalized spacial score (nSPS) is 12.1. The predicted octanol–water partition coefficient (Wildman–Crippen LogP) is 6.54. The number of benzene rings is 2. The zero-order valence-electron chi connectivity index (χ0n) is 19.2. The van der Waals surface area contributed by atoms with Crippen molar-refractivity contribution in [3.8, 4) is 0 Å². The molecule has 2 heterocycles. The zero-order valence-corrected chi connectivity index (χ0v) is 19.2. The summed E-state index contributed by atoms with van der Waals surface area (Å²) in [4.78, 5) is 16.9. The zero-order chi connectivity index (χ0) is 26.8. The molecule has 0 bridgehead atoms. The third-order valence-electron chi connectivity index (χ3n) is 5.49. The minimum Gasteiger partial charge on any atom is -0.371 e. The van der Waals surface area contributed by atoms with E-state index >= 15 is 0 Å². The molecule has 0 spiro atoms. The molecule has 4 rings (SSSR count). The number of carbonyl (C=O) groups is 1. The van der Waals surface area contributed by atoms with Crippen LogP contribution in [0.3, 0.4) is 0 Å². The Labute approximate surface area is 206 Å². The van der Waals surface area contributed by atoms with E-state index in [9.17, 15) is 31.1 Å². The second kappa shape index (κ2) is 10.1. The summed E-state index contributed by atoms with van der Waals surface area (Å²) in [5.74, 6) is -0.880. The Kier molecular flexibility index (Phi) is 7.12. The Balaban J connectivity index is 1.70. The van der Waals surface area contributed by atoms with Crippen molar-refractivity contribution < 1.29 is 35.9 Å². The molecule has 4 aromatic rings. The Morgan fingerprint density at radius 3 is 2.30 bits per heavy atom. The van der Waals surface area contributed by atoms with Crippen molar-refractivity contribution in [3.05, 3.63) is 89.2 Å². The molecule has 0 aliphatic rings. The molecule has 2 N–H and O–H groups in total. The van der Waals surface area contributed by atoms with Crippen LogP contribution in [-0.4, -0.2) is 22.5 Å². The van der Waals surface area contributed by atoms with E-state index < -0.39 is 29.4 Å². The Morgan fingerprint density at radius 2 is 1.65 bits per heavy atom. The van der Waals surface area contributed by atoms with Gasteiger partial charge in [0.15, 0.2) is 0 Å². The van der Waals surface area contributed by atoms with Gasteiger partial charge in [-0.2, -0.15) is 26.3 Å². The smallest absolute Gasteiger partial charge is 0.371 e. The van der Waals surface area contributed by atoms with Crippen LogP contribution in [-0.2, 0) is 30.4 Å². The molecule has 0 aliphatic heterocycles. The molecule has 12 heteroatoms. The number of alkyl halides is 6. The lowest BCUT2D eigenvalue weighted by molar-refractivity contribution is -0.138. The quantitative estimate of drug-likeness (QED) is 0.271. The minimum absolute atomic E-state index is 0.0244. The van der Waals surface area contributed by atoms with Gasteiger partial charge in [0, 0.05) is 18.6 Å². The fraction of sp³-hybridized carbons (Fsp3) is 0.200. The lowest BCUT2D eigenvalue weighted by Gasteiger charge is -2.15. The summed E-state index contributed by atoms with van der Waals surface area (Å²) in [6.45, 7) is -0.0457. The van der Waals surface area contributed by atoms with Crippen molar-refractivity contribution in [1.82, 2.24) is 9.55 Å². The summed E-state index contributed by atoms with van der Waals surface area (Å²) in [6.07, 6.45) is -8.69. The van der Waals surface area contributed by atoms with Gasteiger partial charge in [0.2, 0.25) is 0 Å². The van der Waals surface area contributed by atoms with Gasteiger partial charge in [0.05, 0.1) is 28.9 Å². The maximum Gasteiger partial charge on any atom is 0.417 e. The van der Waals surface area contributed by atoms with Gasteiger partial charge in [-0.3, -0.25) is 4.79 Å². The van der Waals surface area contributed by atoms with Crippen molar-refractivity contribution in [2.45, 2.75) is 25.7 Å². The Bertz CT molecular complexity index is 1410. The fourth-order valence-corrected chi connectivity index (χ4v) is 3.70. The van der Waals surface area contributed by atoms with E-state index in [-0.39, 0.29) is 41.4 Å². The average Bonchev–Trinajstić information content (AvgIpc) is 3.21. The molecule has 0 radical (unpaired) electrons. The van der Waals surface area contributed by atoms with Gasteiger partial charge < -0.3 is 19.9 Å². The summed E-state index contributed by atoms with van der Waals surface area (Å²) in [5, 5.41) is 5.09. The van der Waals surface area contributed by atoms with E-state index in [4.69, 9.17) is 4.74 Å². The van der Waals surface area contributed by atoms with E-state index in [1.165, 1.54) is 23.7 Å². The summed E-state index contributed by atoms with van der Waals surface area (Å²) in [5.41, 5.74) is -1.24. The van der Waals surface area contributed by atoms with E-state index in [0.717, 1.165) is 23.8 Å². The topological polar surface area (TPSA) is 68.2 Å². The number of halogens is 6. The number of ether oxygens (including phenoxy) is 1. The van der Waals surface area contributed by atoms with Crippen LogP contribution in [0.25, 0.3) is 10.9 Å². The van der Waals surface area contributed by atoms with E-state index in [0.29, 0.717) is 6.20 Å². The molecule has 0 saturated carbocycles. The van der Waals surface area contributed by atoms with Gasteiger partial charge in [-0.15, -0.1) is 0 Å². The summed E-state index contributed by atoms with van der Waals surface area (Å²) < 4.78 is 86.4. The SMILES string of the molecule is CNc1ncc(C(F)(F)F)cc1NC(=O)c1cc2cc(C(F)(F)F)ccc2n1COCc1ccccc1. The first-order chi connectivity index (χ1) is 17.5. The first kappa shape index (κ1) is 26.0. The van der Waals surface area contributed by atoms with Crippen LogP contribution in [0.2, 0.25) is 0 Å². The van der Waals surface area contributed by atoms with Crippen LogP contribution >= 0.6 is 0 Å². The molecule has 2 aromatic carbocycles. The van der Waals surface area contributed by atoms with Crippen LogP contribution < -0.4 is 10.6 Å². The van der Waals surface area contributed by atoms with Gasteiger partial charge in [0.1, 0.15) is 18.2 Å². The highest BCUT2D eigenvalue weighted by Gasteiger charge is 2.33. The van der Waals surface area contributed by atoms with Crippen molar-refractivity contribution in [2.75, 3.05) is 17.7 Å². The number of nitrogens with one attached hydrogen (secondary N) is 2. The van der Waals surface area contributed by atoms with E-state index in [2.05, 4.69) is 15.6 Å². The highest BCUT2D eigenvalue weighted by Crippen LogP contribution is 2.34. The predicted molar refractivity (Wildman–Crippen MR) is 125 cm³/mol. The number of carbonyl (C=O) groups excluding carboxylic acids is 1. The maximum atomic E-state index is 13.3. The van der Waals surface area contributed by atoms with Crippen molar-refractivity contribution in [1.29, 1.82) is 0 Å².